The number of hydrogen-bond donors (Lipinski definition) is 1. The minimum absolute atomic E-state index is 0.0625. The summed E-state index contributed by atoms with van der Waals surface area (Å²) in [6.45, 7) is 2.26. The quantitative estimate of drug-likeness (QED) is 0.377. The average molecular weight is 247 g/mol. The molecule has 1 saturated carbocycles. The van der Waals surface area contributed by atoms with Crippen LogP contribution < -0.4 is 10.5 Å². The zero-order valence-electron chi connectivity index (χ0n) is 10.9. The Hall–Kier alpha value is -1.51. The van der Waals surface area contributed by atoms with Gasteiger partial charge in [0.15, 0.2) is 0 Å². The second-order valence-electron chi connectivity index (χ2n) is 5.30. The molecule has 2 N–H and O–H groups in total. The number of ether oxygens (including phenoxy) is 1. The van der Waals surface area contributed by atoms with Crippen LogP contribution in [0.2, 0.25) is 0 Å². The first-order valence-electron chi connectivity index (χ1n) is 6.72. The largest absolute Gasteiger partial charge is 0.426 e. The van der Waals surface area contributed by atoms with Gasteiger partial charge in [0.25, 0.3) is 0 Å². The van der Waals surface area contributed by atoms with Gasteiger partial charge in [-0.1, -0.05) is 19.8 Å². The van der Waals surface area contributed by atoms with E-state index in [0.29, 0.717) is 11.4 Å². The van der Waals surface area contributed by atoms with Crippen molar-refractivity contribution in [3.63, 3.8) is 0 Å². The number of anilines is 1. The lowest BCUT2D eigenvalue weighted by Gasteiger charge is -2.13. The van der Waals surface area contributed by atoms with Gasteiger partial charge in [0.05, 0.1) is 5.92 Å². The summed E-state index contributed by atoms with van der Waals surface area (Å²) in [7, 11) is 0. The van der Waals surface area contributed by atoms with Gasteiger partial charge < -0.3 is 10.5 Å². The van der Waals surface area contributed by atoms with Gasteiger partial charge in [-0.05, 0) is 49.4 Å². The molecule has 2 unspecified atom stereocenters. The van der Waals surface area contributed by atoms with E-state index in [4.69, 9.17) is 10.5 Å². The normalized spacial score (nSPS) is 24.3. The molecule has 2 rings (SSSR count). The second-order valence-corrected chi connectivity index (χ2v) is 5.30. The molecule has 1 aliphatic carbocycles. The highest BCUT2D eigenvalue weighted by molar-refractivity contribution is 5.75. The van der Waals surface area contributed by atoms with Crippen LogP contribution in [-0.2, 0) is 4.79 Å². The Morgan fingerprint density at radius 3 is 2.61 bits per heavy atom. The smallest absolute Gasteiger partial charge is 0.314 e. The molecule has 0 saturated heterocycles. The van der Waals surface area contributed by atoms with Gasteiger partial charge in [-0.25, -0.2) is 0 Å². The van der Waals surface area contributed by atoms with E-state index >= 15 is 0 Å². The highest BCUT2D eigenvalue weighted by Crippen LogP contribution is 2.28. The fraction of sp³-hybridized carbons (Fsp3) is 0.533. The van der Waals surface area contributed by atoms with E-state index in [1.54, 1.807) is 24.3 Å². The van der Waals surface area contributed by atoms with Gasteiger partial charge in [-0.2, -0.15) is 0 Å². The molecule has 0 spiro atoms. The highest BCUT2D eigenvalue weighted by Gasteiger charge is 2.24. The molecule has 98 valence electrons. The first kappa shape index (κ1) is 12.9. The first-order valence-corrected chi connectivity index (χ1v) is 6.72. The molecular formula is C15H21NO2. The van der Waals surface area contributed by atoms with Crippen molar-refractivity contribution in [2.75, 3.05) is 5.73 Å². The van der Waals surface area contributed by atoms with Crippen molar-refractivity contribution >= 4 is 11.7 Å². The van der Waals surface area contributed by atoms with Gasteiger partial charge in [-0.3, -0.25) is 4.79 Å². The molecule has 0 aromatic heterocycles. The average Bonchev–Trinajstić information content (AvgIpc) is 2.57. The zero-order chi connectivity index (χ0) is 13.0. The lowest BCUT2D eigenvalue weighted by atomic mass is 9.99. The number of rotatable bonds is 2. The summed E-state index contributed by atoms with van der Waals surface area (Å²) in [5, 5.41) is 0. The maximum absolute atomic E-state index is 12.1. The fourth-order valence-electron chi connectivity index (χ4n) is 2.46. The Morgan fingerprint density at radius 1 is 1.17 bits per heavy atom. The van der Waals surface area contributed by atoms with Crippen LogP contribution in [0.4, 0.5) is 5.69 Å². The monoisotopic (exact) mass is 247 g/mol. The fourth-order valence-corrected chi connectivity index (χ4v) is 2.46. The van der Waals surface area contributed by atoms with Crippen LogP contribution in [0.15, 0.2) is 24.3 Å². The predicted octanol–water partition coefficient (Wildman–Crippen LogP) is 3.39. The molecule has 3 heteroatoms. The number of nitrogens with two attached hydrogens (primary N) is 1. The Kier molecular flexibility index (Phi) is 4.24. The summed E-state index contributed by atoms with van der Waals surface area (Å²) < 4.78 is 5.41. The van der Waals surface area contributed by atoms with Crippen LogP contribution in [0.25, 0.3) is 0 Å². The van der Waals surface area contributed by atoms with E-state index < -0.39 is 0 Å². The molecule has 0 aliphatic heterocycles. The van der Waals surface area contributed by atoms with Crippen molar-refractivity contribution in [2.45, 2.75) is 39.0 Å². The molecule has 2 atom stereocenters. The van der Waals surface area contributed by atoms with Crippen molar-refractivity contribution < 1.29 is 9.53 Å². The van der Waals surface area contributed by atoms with E-state index in [1.165, 1.54) is 6.42 Å². The maximum atomic E-state index is 12.1. The molecule has 0 bridgehead atoms. The van der Waals surface area contributed by atoms with Crippen LogP contribution in [0.3, 0.4) is 0 Å². The number of carbonyl (C=O) groups is 1. The second kappa shape index (κ2) is 5.89. The Balaban J connectivity index is 1.92. The van der Waals surface area contributed by atoms with E-state index in [0.717, 1.165) is 31.6 Å². The minimum atomic E-state index is -0.0890. The molecule has 1 aromatic carbocycles. The van der Waals surface area contributed by atoms with Gasteiger partial charge in [0.1, 0.15) is 5.75 Å². The van der Waals surface area contributed by atoms with E-state index in [9.17, 15) is 4.79 Å². The van der Waals surface area contributed by atoms with Crippen molar-refractivity contribution in [1.29, 1.82) is 0 Å². The Morgan fingerprint density at radius 2 is 1.89 bits per heavy atom. The summed E-state index contributed by atoms with van der Waals surface area (Å²) in [6, 6.07) is 6.98. The van der Waals surface area contributed by atoms with Crippen molar-refractivity contribution in [3.8, 4) is 5.75 Å². The molecule has 0 amide bonds. The molecule has 1 aromatic rings. The maximum Gasteiger partial charge on any atom is 0.314 e. The van der Waals surface area contributed by atoms with Crippen molar-refractivity contribution in [2.24, 2.45) is 11.8 Å². The predicted molar refractivity (Wildman–Crippen MR) is 72.2 cm³/mol. The Bertz CT molecular complexity index is 399. The van der Waals surface area contributed by atoms with E-state index in [2.05, 4.69) is 6.92 Å². The minimum Gasteiger partial charge on any atom is -0.426 e. The first-order chi connectivity index (χ1) is 8.65. The van der Waals surface area contributed by atoms with Crippen molar-refractivity contribution in [3.05, 3.63) is 24.3 Å². The third kappa shape index (κ3) is 3.49. The Labute approximate surface area is 108 Å². The number of benzene rings is 1. The number of hydrogen-bond acceptors (Lipinski definition) is 3. The lowest BCUT2D eigenvalue weighted by molar-refractivity contribution is -0.139. The van der Waals surface area contributed by atoms with Crippen LogP contribution >= 0.6 is 0 Å². The molecule has 3 nitrogen and oxygen atoms in total. The topological polar surface area (TPSA) is 52.3 Å². The lowest BCUT2D eigenvalue weighted by Crippen LogP contribution is -2.20. The number of esters is 1. The van der Waals surface area contributed by atoms with Gasteiger partial charge in [0.2, 0.25) is 0 Å². The summed E-state index contributed by atoms with van der Waals surface area (Å²) in [4.78, 5) is 12.1. The third-order valence-corrected chi connectivity index (χ3v) is 3.69. The number of carbonyl (C=O) groups excluding carboxylic acids is 1. The molecule has 0 heterocycles. The van der Waals surface area contributed by atoms with Gasteiger partial charge in [-0.15, -0.1) is 0 Å². The van der Waals surface area contributed by atoms with E-state index in [1.807, 2.05) is 0 Å². The molecule has 18 heavy (non-hydrogen) atoms. The van der Waals surface area contributed by atoms with Crippen LogP contribution in [-0.4, -0.2) is 5.97 Å². The summed E-state index contributed by atoms with van der Waals surface area (Å²) in [5.41, 5.74) is 6.27. The third-order valence-electron chi connectivity index (χ3n) is 3.69. The van der Waals surface area contributed by atoms with Gasteiger partial charge >= 0.3 is 5.97 Å². The SMILES string of the molecule is CC1CCCC(C(=O)Oc2ccc(N)cc2)CC1. The molecule has 1 aliphatic rings. The van der Waals surface area contributed by atoms with Crippen LogP contribution in [0.5, 0.6) is 5.75 Å². The zero-order valence-corrected chi connectivity index (χ0v) is 10.9. The van der Waals surface area contributed by atoms with E-state index in [-0.39, 0.29) is 11.9 Å². The van der Waals surface area contributed by atoms with Crippen molar-refractivity contribution in [1.82, 2.24) is 0 Å². The molecule has 1 fully saturated rings. The van der Waals surface area contributed by atoms with Crippen LogP contribution in [0.1, 0.15) is 39.0 Å². The molecular weight excluding hydrogens is 226 g/mol. The highest BCUT2D eigenvalue weighted by atomic mass is 16.5. The summed E-state index contributed by atoms with van der Waals surface area (Å²) >= 11 is 0. The number of nitrogen functional groups attached to an aromatic ring is 1. The molecule has 0 radical (unpaired) electrons. The standard InChI is InChI=1S/C15H21NO2/c1-11-3-2-4-12(6-5-11)15(17)18-14-9-7-13(16)8-10-14/h7-12H,2-6,16H2,1H3. The van der Waals surface area contributed by atoms with Crippen LogP contribution in [0, 0.1) is 11.8 Å². The summed E-state index contributed by atoms with van der Waals surface area (Å²) in [6.07, 6.45) is 5.39. The summed E-state index contributed by atoms with van der Waals surface area (Å²) in [5.74, 6) is 1.30. The van der Waals surface area contributed by atoms with Gasteiger partial charge in [0, 0.05) is 5.69 Å².